The molecule has 0 aromatic heterocycles. The highest BCUT2D eigenvalue weighted by molar-refractivity contribution is 14.0. The van der Waals surface area contributed by atoms with Crippen LogP contribution in [0.15, 0.2) is 4.99 Å². The molecule has 2 aliphatic heterocycles. The van der Waals surface area contributed by atoms with Crippen molar-refractivity contribution < 1.29 is 9.59 Å². The summed E-state index contributed by atoms with van der Waals surface area (Å²) in [6.45, 7) is 11.8. The number of piperidine rings is 1. The number of carbonyl (C=O) groups excluding carboxylic acids is 2. The molecule has 1 atom stereocenters. The highest BCUT2D eigenvalue weighted by Crippen LogP contribution is 2.35. The van der Waals surface area contributed by atoms with Gasteiger partial charge in [-0.25, -0.2) is 0 Å². The molecule has 0 saturated carbocycles. The van der Waals surface area contributed by atoms with Crippen LogP contribution in [0.1, 0.15) is 53.4 Å². The van der Waals surface area contributed by atoms with Crippen LogP contribution < -0.4 is 16.0 Å². The standard InChI is InChI=1S/C18H33N5O2.HI/c1-5-19-16(20-9-7-14(24)22-17(2,3)4)23-10-6-8-18(13-23)11-15(25)21-12-18;/h5-13H2,1-4H3,(H,19,20)(H,21,25)(H,22,24);1H. The molecule has 2 fully saturated rings. The summed E-state index contributed by atoms with van der Waals surface area (Å²) in [5, 5.41) is 9.26. The van der Waals surface area contributed by atoms with Crippen molar-refractivity contribution in [2.24, 2.45) is 10.4 Å². The maximum atomic E-state index is 12.0. The molecule has 1 unspecified atom stereocenters. The van der Waals surface area contributed by atoms with Gasteiger partial charge in [0.2, 0.25) is 11.8 Å². The van der Waals surface area contributed by atoms with Gasteiger partial charge in [0, 0.05) is 50.0 Å². The van der Waals surface area contributed by atoms with Crippen LogP contribution >= 0.6 is 24.0 Å². The molecule has 150 valence electrons. The van der Waals surface area contributed by atoms with Crippen LogP contribution in [0.2, 0.25) is 0 Å². The van der Waals surface area contributed by atoms with Crippen molar-refractivity contribution >= 4 is 41.8 Å². The van der Waals surface area contributed by atoms with Gasteiger partial charge in [-0.2, -0.15) is 0 Å². The van der Waals surface area contributed by atoms with Crippen molar-refractivity contribution in [2.45, 2.75) is 58.9 Å². The summed E-state index contributed by atoms with van der Waals surface area (Å²) in [7, 11) is 0. The van der Waals surface area contributed by atoms with Crippen molar-refractivity contribution in [1.29, 1.82) is 0 Å². The number of nitrogens with zero attached hydrogens (tertiary/aromatic N) is 2. The van der Waals surface area contributed by atoms with Crippen LogP contribution in [0.5, 0.6) is 0 Å². The minimum atomic E-state index is -0.216. The molecule has 8 heteroatoms. The van der Waals surface area contributed by atoms with E-state index in [1.165, 1.54) is 0 Å². The third kappa shape index (κ3) is 6.92. The molecule has 0 bridgehead atoms. The summed E-state index contributed by atoms with van der Waals surface area (Å²) >= 11 is 0. The van der Waals surface area contributed by atoms with Crippen molar-refractivity contribution in [3.63, 3.8) is 0 Å². The third-order valence-corrected chi connectivity index (χ3v) is 4.61. The number of aliphatic imine (C=N–C) groups is 1. The quantitative estimate of drug-likeness (QED) is 0.324. The molecule has 2 aliphatic rings. The number of guanidine groups is 1. The number of carbonyl (C=O) groups is 2. The smallest absolute Gasteiger partial charge is 0.222 e. The fourth-order valence-electron chi connectivity index (χ4n) is 3.60. The molecular weight excluding hydrogens is 445 g/mol. The minimum absolute atomic E-state index is 0. The van der Waals surface area contributed by atoms with Crippen molar-refractivity contribution in [3.05, 3.63) is 0 Å². The minimum Gasteiger partial charge on any atom is -0.357 e. The lowest BCUT2D eigenvalue weighted by Gasteiger charge is -2.40. The Morgan fingerprint density at radius 2 is 2.12 bits per heavy atom. The number of rotatable bonds is 4. The summed E-state index contributed by atoms with van der Waals surface area (Å²) in [5.74, 6) is 1.03. The Kier molecular flexibility index (Phi) is 8.62. The molecule has 1 spiro atoms. The maximum absolute atomic E-state index is 12.0. The monoisotopic (exact) mass is 479 g/mol. The second kappa shape index (κ2) is 9.75. The molecular formula is C18H34IN5O2. The maximum Gasteiger partial charge on any atom is 0.222 e. The van der Waals surface area contributed by atoms with Crippen LogP contribution in [0.3, 0.4) is 0 Å². The second-order valence-electron chi connectivity index (χ2n) is 8.26. The van der Waals surface area contributed by atoms with E-state index in [4.69, 9.17) is 0 Å². The number of hydrogen-bond donors (Lipinski definition) is 3. The summed E-state index contributed by atoms with van der Waals surface area (Å²) in [4.78, 5) is 30.5. The molecule has 3 N–H and O–H groups in total. The zero-order chi connectivity index (χ0) is 18.5. The third-order valence-electron chi connectivity index (χ3n) is 4.61. The molecule has 26 heavy (non-hydrogen) atoms. The molecule has 0 aliphatic carbocycles. The fourth-order valence-corrected chi connectivity index (χ4v) is 3.60. The van der Waals surface area contributed by atoms with E-state index < -0.39 is 0 Å². The highest BCUT2D eigenvalue weighted by atomic mass is 127. The van der Waals surface area contributed by atoms with Gasteiger partial charge in [-0.15, -0.1) is 24.0 Å². The normalized spacial score (nSPS) is 23.5. The molecule has 2 saturated heterocycles. The topological polar surface area (TPSA) is 85.8 Å². The van der Waals surface area contributed by atoms with Crippen LogP contribution in [-0.2, 0) is 9.59 Å². The number of halogens is 1. The first kappa shape index (κ1) is 23.0. The Hall–Kier alpha value is -1.06. The lowest BCUT2D eigenvalue weighted by Crippen LogP contribution is -2.51. The zero-order valence-corrected chi connectivity index (χ0v) is 18.8. The lowest BCUT2D eigenvalue weighted by molar-refractivity contribution is -0.122. The van der Waals surface area contributed by atoms with Gasteiger partial charge in [-0.05, 0) is 40.5 Å². The van der Waals surface area contributed by atoms with Crippen molar-refractivity contribution in [3.8, 4) is 0 Å². The van der Waals surface area contributed by atoms with Gasteiger partial charge >= 0.3 is 0 Å². The Morgan fingerprint density at radius 3 is 2.69 bits per heavy atom. The predicted molar refractivity (Wildman–Crippen MR) is 115 cm³/mol. The van der Waals surface area contributed by atoms with E-state index in [0.29, 0.717) is 19.4 Å². The number of likely N-dealkylation sites (tertiary alicyclic amines) is 1. The molecule has 2 heterocycles. The Morgan fingerprint density at radius 1 is 1.38 bits per heavy atom. The van der Waals surface area contributed by atoms with E-state index in [2.05, 4.69) is 25.8 Å². The summed E-state index contributed by atoms with van der Waals surface area (Å²) in [6, 6.07) is 0. The first-order valence-electron chi connectivity index (χ1n) is 9.34. The largest absolute Gasteiger partial charge is 0.357 e. The zero-order valence-electron chi connectivity index (χ0n) is 16.5. The van der Waals surface area contributed by atoms with Gasteiger partial charge in [-0.1, -0.05) is 0 Å². The predicted octanol–water partition coefficient (Wildman–Crippen LogP) is 1.48. The molecule has 0 aromatic carbocycles. The molecule has 2 rings (SSSR count). The number of hydrogen-bond acceptors (Lipinski definition) is 3. The Balaban J connectivity index is 0.00000338. The van der Waals surface area contributed by atoms with Crippen LogP contribution in [-0.4, -0.2) is 60.9 Å². The Bertz CT molecular complexity index is 532. The van der Waals surface area contributed by atoms with Gasteiger partial charge in [0.25, 0.3) is 0 Å². The summed E-state index contributed by atoms with van der Waals surface area (Å²) in [6.07, 6.45) is 3.13. The van der Waals surface area contributed by atoms with Gasteiger partial charge in [0.1, 0.15) is 0 Å². The first-order chi connectivity index (χ1) is 11.7. The lowest BCUT2D eigenvalue weighted by atomic mass is 9.79. The molecule has 2 amide bonds. The molecule has 0 radical (unpaired) electrons. The van der Waals surface area contributed by atoms with E-state index in [1.807, 2.05) is 27.7 Å². The van der Waals surface area contributed by atoms with Gasteiger partial charge in [0.15, 0.2) is 5.96 Å². The second-order valence-corrected chi connectivity index (χ2v) is 8.26. The van der Waals surface area contributed by atoms with E-state index in [9.17, 15) is 9.59 Å². The molecule has 7 nitrogen and oxygen atoms in total. The van der Waals surface area contributed by atoms with E-state index >= 15 is 0 Å². The average molecular weight is 479 g/mol. The Labute approximate surface area is 174 Å². The van der Waals surface area contributed by atoms with E-state index in [-0.39, 0.29) is 46.7 Å². The van der Waals surface area contributed by atoms with Crippen molar-refractivity contribution in [2.75, 3.05) is 32.7 Å². The summed E-state index contributed by atoms with van der Waals surface area (Å²) in [5.41, 5.74) is -0.179. The van der Waals surface area contributed by atoms with Crippen LogP contribution in [0, 0.1) is 5.41 Å². The average Bonchev–Trinajstić information content (AvgIpc) is 2.85. The van der Waals surface area contributed by atoms with Crippen LogP contribution in [0.25, 0.3) is 0 Å². The summed E-state index contributed by atoms with van der Waals surface area (Å²) < 4.78 is 0. The van der Waals surface area contributed by atoms with Gasteiger partial charge < -0.3 is 20.9 Å². The SMILES string of the molecule is CCNC(=NCCC(=O)NC(C)(C)C)N1CCCC2(CNC(=O)C2)C1.I. The van der Waals surface area contributed by atoms with Gasteiger partial charge in [0.05, 0.1) is 6.54 Å². The highest BCUT2D eigenvalue weighted by Gasteiger charge is 2.42. The number of nitrogens with one attached hydrogen (secondary N) is 3. The van der Waals surface area contributed by atoms with Crippen LogP contribution in [0.4, 0.5) is 0 Å². The number of amides is 2. The van der Waals surface area contributed by atoms with E-state index in [0.717, 1.165) is 45.0 Å². The van der Waals surface area contributed by atoms with Crippen molar-refractivity contribution in [1.82, 2.24) is 20.9 Å². The van der Waals surface area contributed by atoms with E-state index in [1.54, 1.807) is 0 Å². The molecule has 0 aromatic rings. The fraction of sp³-hybridized carbons (Fsp3) is 0.833. The first-order valence-corrected chi connectivity index (χ1v) is 9.34. The van der Waals surface area contributed by atoms with Gasteiger partial charge in [-0.3, -0.25) is 14.6 Å².